The van der Waals surface area contributed by atoms with Gasteiger partial charge in [-0.2, -0.15) is 17.0 Å². The largest absolute Gasteiger partial charge is 0.352 e. The van der Waals surface area contributed by atoms with Crippen LogP contribution in [-0.4, -0.2) is 18.2 Å². The van der Waals surface area contributed by atoms with E-state index in [1.807, 2.05) is 48.5 Å². The summed E-state index contributed by atoms with van der Waals surface area (Å²) in [7, 11) is 0. The maximum absolute atomic E-state index is 11.8. The molecule has 2 aromatic carbocycles. The second-order valence-corrected chi connectivity index (χ2v) is 7.02. The lowest BCUT2D eigenvalue weighted by molar-refractivity contribution is -0.116. The molecular weight excluding hydrogens is 384 g/mol. The minimum atomic E-state index is -0.104. The van der Waals surface area contributed by atoms with Crippen LogP contribution in [-0.2, 0) is 10.5 Å². The first-order valence-corrected chi connectivity index (χ1v) is 9.41. The summed E-state index contributed by atoms with van der Waals surface area (Å²) in [4.78, 5) is 11.8. The number of amides is 1. The Hall–Kier alpha value is -2.03. The smallest absolute Gasteiger partial charge is 0.244 e. The molecule has 1 amide bonds. The van der Waals surface area contributed by atoms with Crippen LogP contribution < -0.4 is 5.32 Å². The van der Waals surface area contributed by atoms with Gasteiger partial charge < -0.3 is 5.32 Å². The number of nitrogens with zero attached hydrogens (tertiary/aromatic N) is 1. The summed E-state index contributed by atoms with van der Waals surface area (Å²) in [5.41, 5.74) is 2.72. The average molecular weight is 401 g/mol. The van der Waals surface area contributed by atoms with E-state index < -0.39 is 0 Å². The topological polar surface area (TPSA) is 52.9 Å². The number of nitriles is 1. The van der Waals surface area contributed by atoms with Crippen LogP contribution >= 0.6 is 27.7 Å². The Morgan fingerprint density at radius 1 is 1.25 bits per heavy atom. The van der Waals surface area contributed by atoms with Crippen molar-refractivity contribution in [3.05, 3.63) is 75.8 Å². The highest BCUT2D eigenvalue weighted by molar-refractivity contribution is 9.10. The molecule has 0 unspecified atom stereocenters. The number of nitrogens with one attached hydrogen (secondary N) is 1. The molecule has 0 saturated carbocycles. The normalized spacial score (nSPS) is 10.5. The molecular formula is C19H17BrN2OS. The van der Waals surface area contributed by atoms with Crippen molar-refractivity contribution in [2.75, 3.05) is 12.3 Å². The fraction of sp³-hybridized carbons (Fsp3) is 0.158. The Labute approximate surface area is 154 Å². The molecule has 5 heteroatoms. The van der Waals surface area contributed by atoms with Crippen LogP contribution in [0, 0.1) is 11.3 Å². The summed E-state index contributed by atoms with van der Waals surface area (Å²) in [6, 6.07) is 17.5. The first-order chi connectivity index (χ1) is 11.7. The van der Waals surface area contributed by atoms with Crippen LogP contribution in [0.5, 0.6) is 0 Å². The monoisotopic (exact) mass is 400 g/mol. The second kappa shape index (κ2) is 9.96. The Bertz CT molecular complexity index is 768. The predicted octanol–water partition coefficient (Wildman–Crippen LogP) is 4.38. The molecule has 2 rings (SSSR count). The maximum atomic E-state index is 11.8. The third-order valence-corrected chi connectivity index (χ3v) is 4.72. The van der Waals surface area contributed by atoms with Crippen molar-refractivity contribution in [3.63, 3.8) is 0 Å². The van der Waals surface area contributed by atoms with Gasteiger partial charge in [0.2, 0.25) is 5.91 Å². The fourth-order valence-electron chi connectivity index (χ4n) is 2.02. The lowest BCUT2D eigenvalue weighted by atomic mass is 10.1. The van der Waals surface area contributed by atoms with Crippen LogP contribution in [0.1, 0.15) is 16.7 Å². The average Bonchev–Trinajstić information content (AvgIpc) is 2.60. The molecule has 122 valence electrons. The second-order valence-electron chi connectivity index (χ2n) is 5.00. The molecule has 1 N–H and O–H groups in total. The van der Waals surface area contributed by atoms with Gasteiger partial charge in [-0.3, -0.25) is 4.79 Å². The van der Waals surface area contributed by atoms with Gasteiger partial charge in [-0.15, -0.1) is 0 Å². The highest BCUT2D eigenvalue weighted by Crippen LogP contribution is 2.15. The zero-order valence-electron chi connectivity index (χ0n) is 13.0. The van der Waals surface area contributed by atoms with Crippen molar-refractivity contribution < 1.29 is 4.79 Å². The molecule has 0 aliphatic heterocycles. The Morgan fingerprint density at radius 3 is 2.88 bits per heavy atom. The van der Waals surface area contributed by atoms with Gasteiger partial charge in [0.15, 0.2) is 0 Å². The summed E-state index contributed by atoms with van der Waals surface area (Å²) in [6.07, 6.45) is 3.33. The van der Waals surface area contributed by atoms with Crippen molar-refractivity contribution in [1.29, 1.82) is 5.26 Å². The third-order valence-electron chi connectivity index (χ3n) is 3.22. The Balaban J connectivity index is 1.69. The highest BCUT2D eigenvalue weighted by Gasteiger charge is 2.01. The van der Waals surface area contributed by atoms with Crippen molar-refractivity contribution in [1.82, 2.24) is 5.32 Å². The van der Waals surface area contributed by atoms with Crippen LogP contribution in [0.2, 0.25) is 0 Å². The number of hydrogen-bond donors (Lipinski definition) is 1. The summed E-state index contributed by atoms with van der Waals surface area (Å²) >= 11 is 5.10. The number of carbonyl (C=O) groups excluding carboxylic acids is 1. The van der Waals surface area contributed by atoms with Gasteiger partial charge in [-0.1, -0.05) is 46.3 Å². The molecule has 0 heterocycles. The van der Waals surface area contributed by atoms with E-state index in [1.165, 1.54) is 6.08 Å². The molecule has 0 aromatic heterocycles. The number of hydrogen-bond acceptors (Lipinski definition) is 3. The van der Waals surface area contributed by atoms with Gasteiger partial charge in [0.25, 0.3) is 0 Å². The van der Waals surface area contributed by atoms with Crippen LogP contribution in [0.3, 0.4) is 0 Å². The van der Waals surface area contributed by atoms with Crippen LogP contribution in [0.4, 0.5) is 0 Å². The number of carbonyl (C=O) groups is 1. The summed E-state index contributed by atoms with van der Waals surface area (Å²) in [6.45, 7) is 0.598. The lowest BCUT2D eigenvalue weighted by Gasteiger charge is -2.04. The highest BCUT2D eigenvalue weighted by atomic mass is 79.9. The zero-order valence-corrected chi connectivity index (χ0v) is 15.4. The molecule has 0 saturated heterocycles. The van der Waals surface area contributed by atoms with Gasteiger partial charge in [-0.05, 0) is 35.4 Å². The maximum Gasteiger partial charge on any atom is 0.244 e. The van der Waals surface area contributed by atoms with Gasteiger partial charge in [0.05, 0.1) is 11.6 Å². The van der Waals surface area contributed by atoms with Gasteiger partial charge in [0.1, 0.15) is 0 Å². The standard InChI is InChI=1S/C19H17BrN2OS/c20-18-7-3-4-15(12-18)8-9-19(23)22-10-11-24-14-17-6-2-1-5-16(17)13-21/h1-9,12H,10-11,14H2,(H,22,23)/b9-8+. The number of thioether (sulfide) groups is 1. The van der Waals surface area contributed by atoms with Crippen LogP contribution in [0.15, 0.2) is 59.1 Å². The van der Waals surface area contributed by atoms with Crippen molar-refractivity contribution in [2.45, 2.75) is 5.75 Å². The minimum Gasteiger partial charge on any atom is -0.352 e. The Morgan fingerprint density at radius 2 is 2.08 bits per heavy atom. The molecule has 2 aromatic rings. The molecule has 0 atom stereocenters. The first kappa shape index (κ1) is 18.3. The number of halogens is 1. The fourth-order valence-corrected chi connectivity index (χ4v) is 3.30. The SMILES string of the molecule is N#Cc1ccccc1CSCCNC(=O)/C=C/c1cccc(Br)c1. The molecule has 0 aliphatic carbocycles. The van der Waals surface area contributed by atoms with E-state index in [1.54, 1.807) is 17.8 Å². The molecule has 0 bridgehead atoms. The molecule has 3 nitrogen and oxygen atoms in total. The van der Waals surface area contributed by atoms with Crippen molar-refractivity contribution >= 4 is 39.7 Å². The zero-order chi connectivity index (χ0) is 17.2. The van der Waals surface area contributed by atoms with Crippen molar-refractivity contribution in [3.8, 4) is 6.07 Å². The van der Waals surface area contributed by atoms with E-state index in [9.17, 15) is 4.79 Å². The number of rotatable bonds is 7. The van der Waals surface area contributed by atoms with E-state index >= 15 is 0 Å². The quantitative estimate of drug-likeness (QED) is 0.553. The molecule has 0 aliphatic rings. The molecule has 24 heavy (non-hydrogen) atoms. The molecule has 0 spiro atoms. The van der Waals surface area contributed by atoms with Crippen molar-refractivity contribution in [2.24, 2.45) is 0 Å². The summed E-state index contributed by atoms with van der Waals surface area (Å²) in [5.74, 6) is 1.47. The summed E-state index contributed by atoms with van der Waals surface area (Å²) < 4.78 is 0.985. The number of benzene rings is 2. The predicted molar refractivity (Wildman–Crippen MR) is 104 cm³/mol. The molecule has 0 radical (unpaired) electrons. The molecule has 0 fully saturated rings. The minimum absolute atomic E-state index is 0.104. The summed E-state index contributed by atoms with van der Waals surface area (Å²) in [5, 5.41) is 11.9. The first-order valence-electron chi connectivity index (χ1n) is 7.46. The lowest BCUT2D eigenvalue weighted by Crippen LogP contribution is -2.23. The van der Waals surface area contributed by atoms with E-state index in [2.05, 4.69) is 27.3 Å². The third kappa shape index (κ3) is 6.23. The van der Waals surface area contributed by atoms with Gasteiger partial charge in [-0.25, -0.2) is 0 Å². The van der Waals surface area contributed by atoms with E-state index in [4.69, 9.17) is 5.26 Å². The van der Waals surface area contributed by atoms with Gasteiger partial charge in [0, 0.05) is 28.6 Å². The van der Waals surface area contributed by atoms with E-state index in [0.717, 1.165) is 27.1 Å². The van der Waals surface area contributed by atoms with E-state index in [-0.39, 0.29) is 5.91 Å². The van der Waals surface area contributed by atoms with Gasteiger partial charge >= 0.3 is 0 Å². The Kier molecular flexibility index (Phi) is 7.60. The van der Waals surface area contributed by atoms with E-state index in [0.29, 0.717) is 12.1 Å². The van der Waals surface area contributed by atoms with Crippen LogP contribution in [0.25, 0.3) is 6.08 Å².